The Kier molecular flexibility index (Phi) is 6.16. The van der Waals surface area contributed by atoms with Crippen molar-refractivity contribution < 1.29 is 9.47 Å². The van der Waals surface area contributed by atoms with Crippen molar-refractivity contribution in [2.75, 3.05) is 20.3 Å². The normalized spacial score (nSPS) is 12.5. The van der Waals surface area contributed by atoms with Gasteiger partial charge in [0.25, 0.3) is 0 Å². The van der Waals surface area contributed by atoms with Gasteiger partial charge in [-0.2, -0.15) is 0 Å². The third-order valence-corrected chi connectivity index (χ3v) is 3.08. The topological polar surface area (TPSA) is 44.5 Å². The van der Waals surface area contributed by atoms with Crippen molar-refractivity contribution in [1.82, 2.24) is 0 Å². The zero-order valence-corrected chi connectivity index (χ0v) is 12.0. The summed E-state index contributed by atoms with van der Waals surface area (Å²) < 4.78 is 10.7. The molecule has 0 saturated heterocycles. The van der Waals surface area contributed by atoms with Gasteiger partial charge in [0.2, 0.25) is 0 Å². The Labute approximate surface area is 110 Å². The van der Waals surface area contributed by atoms with Gasteiger partial charge < -0.3 is 15.2 Å². The van der Waals surface area contributed by atoms with Crippen molar-refractivity contribution in [2.45, 2.75) is 39.7 Å². The minimum absolute atomic E-state index is 0.240. The number of nitrogens with two attached hydrogens (primary N) is 1. The zero-order valence-electron chi connectivity index (χ0n) is 12.0. The van der Waals surface area contributed by atoms with Crippen molar-refractivity contribution in [2.24, 2.45) is 5.73 Å². The van der Waals surface area contributed by atoms with E-state index in [2.05, 4.69) is 32.9 Å². The lowest BCUT2D eigenvalue weighted by Gasteiger charge is -2.15. The number of benzene rings is 1. The fourth-order valence-electron chi connectivity index (χ4n) is 2.06. The van der Waals surface area contributed by atoms with Gasteiger partial charge >= 0.3 is 0 Å². The maximum absolute atomic E-state index is 5.99. The van der Waals surface area contributed by atoms with E-state index in [4.69, 9.17) is 15.2 Å². The standard InChI is InChI=1S/C15H25NO2/c1-5-14(16)10-13-8-11(2)15(12(3)9-13)18-7-6-17-4/h8-9,14H,5-7,10,16H2,1-4H3. The van der Waals surface area contributed by atoms with E-state index >= 15 is 0 Å². The van der Waals surface area contributed by atoms with Crippen LogP contribution in [0, 0.1) is 13.8 Å². The minimum Gasteiger partial charge on any atom is -0.491 e. The first-order valence-corrected chi connectivity index (χ1v) is 6.55. The fourth-order valence-corrected chi connectivity index (χ4v) is 2.06. The van der Waals surface area contributed by atoms with Gasteiger partial charge in [0, 0.05) is 13.2 Å². The van der Waals surface area contributed by atoms with Crippen LogP contribution in [0.5, 0.6) is 5.75 Å². The summed E-state index contributed by atoms with van der Waals surface area (Å²) in [6, 6.07) is 4.58. The number of methoxy groups -OCH3 is 1. The number of aryl methyl sites for hydroxylation is 2. The summed E-state index contributed by atoms with van der Waals surface area (Å²) >= 11 is 0. The van der Waals surface area contributed by atoms with Gasteiger partial charge in [-0.15, -0.1) is 0 Å². The molecule has 0 spiro atoms. The SMILES string of the molecule is CCC(N)Cc1cc(C)c(OCCOC)c(C)c1. The highest BCUT2D eigenvalue weighted by Gasteiger charge is 2.08. The van der Waals surface area contributed by atoms with Gasteiger partial charge in [-0.05, 0) is 43.4 Å². The quantitative estimate of drug-likeness (QED) is 0.758. The van der Waals surface area contributed by atoms with Gasteiger partial charge in [0.1, 0.15) is 12.4 Å². The van der Waals surface area contributed by atoms with Gasteiger partial charge in [0.15, 0.2) is 0 Å². The van der Waals surface area contributed by atoms with Crippen LogP contribution in [0.3, 0.4) is 0 Å². The summed E-state index contributed by atoms with van der Waals surface area (Å²) in [5, 5.41) is 0. The Hall–Kier alpha value is -1.06. The molecule has 18 heavy (non-hydrogen) atoms. The molecule has 1 aromatic rings. The van der Waals surface area contributed by atoms with Crippen molar-refractivity contribution in [3.8, 4) is 5.75 Å². The van der Waals surface area contributed by atoms with E-state index in [0.29, 0.717) is 13.2 Å². The molecule has 1 rings (SSSR count). The summed E-state index contributed by atoms with van der Waals surface area (Å²) in [7, 11) is 1.68. The molecule has 0 amide bonds. The van der Waals surface area contributed by atoms with Crippen LogP contribution in [0.2, 0.25) is 0 Å². The highest BCUT2D eigenvalue weighted by molar-refractivity contribution is 5.43. The molecule has 2 N–H and O–H groups in total. The molecule has 0 radical (unpaired) electrons. The molecule has 0 bridgehead atoms. The number of hydrogen-bond donors (Lipinski definition) is 1. The monoisotopic (exact) mass is 251 g/mol. The van der Waals surface area contributed by atoms with E-state index < -0.39 is 0 Å². The molecule has 3 heteroatoms. The second-order valence-corrected chi connectivity index (χ2v) is 4.77. The second-order valence-electron chi connectivity index (χ2n) is 4.77. The predicted molar refractivity (Wildman–Crippen MR) is 75.3 cm³/mol. The fraction of sp³-hybridized carbons (Fsp3) is 0.600. The Bertz CT molecular complexity index is 354. The molecule has 0 aromatic heterocycles. The summed E-state index contributed by atoms with van der Waals surface area (Å²) in [6.45, 7) is 7.48. The van der Waals surface area contributed by atoms with E-state index in [0.717, 1.165) is 18.6 Å². The van der Waals surface area contributed by atoms with Crippen molar-refractivity contribution in [3.05, 3.63) is 28.8 Å². The smallest absolute Gasteiger partial charge is 0.125 e. The molecular weight excluding hydrogens is 226 g/mol. The summed E-state index contributed by atoms with van der Waals surface area (Å²) in [6.07, 6.45) is 1.93. The molecule has 102 valence electrons. The Morgan fingerprint density at radius 2 is 1.78 bits per heavy atom. The highest BCUT2D eigenvalue weighted by atomic mass is 16.5. The second kappa shape index (κ2) is 7.39. The van der Waals surface area contributed by atoms with E-state index in [1.54, 1.807) is 7.11 Å². The lowest BCUT2D eigenvalue weighted by molar-refractivity contribution is 0.145. The molecule has 1 atom stereocenters. The first-order chi connectivity index (χ1) is 8.58. The maximum Gasteiger partial charge on any atom is 0.125 e. The maximum atomic E-state index is 5.99. The van der Waals surface area contributed by atoms with Crippen LogP contribution in [0.1, 0.15) is 30.0 Å². The lowest BCUT2D eigenvalue weighted by atomic mass is 9.99. The number of ether oxygens (including phenoxy) is 2. The van der Waals surface area contributed by atoms with Crippen LogP contribution < -0.4 is 10.5 Å². The van der Waals surface area contributed by atoms with E-state index in [-0.39, 0.29) is 6.04 Å². The zero-order chi connectivity index (χ0) is 13.5. The summed E-state index contributed by atoms with van der Waals surface area (Å²) in [5.74, 6) is 0.973. The van der Waals surface area contributed by atoms with Gasteiger partial charge in [0.05, 0.1) is 6.61 Å². The molecule has 1 unspecified atom stereocenters. The van der Waals surface area contributed by atoms with Crippen LogP contribution in [0.4, 0.5) is 0 Å². The van der Waals surface area contributed by atoms with Gasteiger partial charge in [-0.1, -0.05) is 19.1 Å². The molecule has 0 aliphatic heterocycles. The highest BCUT2D eigenvalue weighted by Crippen LogP contribution is 2.25. The van der Waals surface area contributed by atoms with Crippen LogP contribution in [0.25, 0.3) is 0 Å². The molecule has 0 fully saturated rings. The van der Waals surface area contributed by atoms with E-state index in [9.17, 15) is 0 Å². The Morgan fingerprint density at radius 3 is 2.28 bits per heavy atom. The number of hydrogen-bond acceptors (Lipinski definition) is 3. The average Bonchev–Trinajstić information content (AvgIpc) is 2.32. The first kappa shape index (κ1) is 15.0. The molecule has 0 heterocycles. The van der Waals surface area contributed by atoms with Crippen LogP contribution in [0.15, 0.2) is 12.1 Å². The van der Waals surface area contributed by atoms with Gasteiger partial charge in [-0.3, -0.25) is 0 Å². The van der Waals surface area contributed by atoms with E-state index in [1.807, 2.05) is 0 Å². The van der Waals surface area contributed by atoms with Crippen LogP contribution >= 0.6 is 0 Å². The largest absolute Gasteiger partial charge is 0.491 e. The van der Waals surface area contributed by atoms with Crippen LogP contribution in [-0.2, 0) is 11.2 Å². The Morgan fingerprint density at radius 1 is 1.17 bits per heavy atom. The summed E-state index contributed by atoms with van der Waals surface area (Å²) in [5.41, 5.74) is 9.63. The van der Waals surface area contributed by atoms with Gasteiger partial charge in [-0.25, -0.2) is 0 Å². The average molecular weight is 251 g/mol. The molecule has 0 aliphatic rings. The van der Waals surface area contributed by atoms with Crippen molar-refractivity contribution in [3.63, 3.8) is 0 Å². The third kappa shape index (κ3) is 4.31. The molecule has 0 saturated carbocycles. The van der Waals surface area contributed by atoms with Crippen molar-refractivity contribution in [1.29, 1.82) is 0 Å². The Balaban J connectivity index is 2.77. The molecule has 0 aliphatic carbocycles. The van der Waals surface area contributed by atoms with Crippen LogP contribution in [-0.4, -0.2) is 26.4 Å². The lowest BCUT2D eigenvalue weighted by Crippen LogP contribution is -2.21. The minimum atomic E-state index is 0.240. The molecule has 3 nitrogen and oxygen atoms in total. The first-order valence-electron chi connectivity index (χ1n) is 6.55. The predicted octanol–water partition coefficient (Wildman–Crippen LogP) is 2.61. The van der Waals surface area contributed by atoms with E-state index in [1.165, 1.54) is 16.7 Å². The third-order valence-electron chi connectivity index (χ3n) is 3.08. The van der Waals surface area contributed by atoms with Crippen molar-refractivity contribution >= 4 is 0 Å². The number of rotatable bonds is 7. The summed E-state index contributed by atoms with van der Waals surface area (Å²) in [4.78, 5) is 0. The molecule has 1 aromatic carbocycles. The molecular formula is C15H25NO2.